The van der Waals surface area contributed by atoms with Crippen molar-refractivity contribution in [1.29, 1.82) is 0 Å². The maximum atomic E-state index is 12.2. The van der Waals surface area contributed by atoms with E-state index >= 15 is 0 Å². The molecule has 0 spiro atoms. The van der Waals surface area contributed by atoms with Gasteiger partial charge in [-0.1, -0.05) is 12.1 Å². The first-order chi connectivity index (χ1) is 9.47. The van der Waals surface area contributed by atoms with E-state index in [0.717, 1.165) is 11.0 Å². The number of aliphatic carboxylic acids is 1. The van der Waals surface area contributed by atoms with Crippen LogP contribution in [0.1, 0.15) is 27.6 Å². The third kappa shape index (κ3) is 2.16. The largest absolute Gasteiger partial charge is 0.499 e. The number of imide groups is 1. The van der Waals surface area contributed by atoms with Crippen molar-refractivity contribution in [1.82, 2.24) is 4.90 Å². The molecule has 0 aromatic heterocycles. The van der Waals surface area contributed by atoms with Crippen molar-refractivity contribution in [3.8, 4) is 0 Å². The molecule has 0 aliphatic carbocycles. The summed E-state index contributed by atoms with van der Waals surface area (Å²) in [6.45, 7) is 1.54. The van der Waals surface area contributed by atoms with Crippen LogP contribution in [0.5, 0.6) is 0 Å². The quantitative estimate of drug-likeness (QED) is 0.508. The normalized spacial score (nSPS) is 16.1. The molecule has 1 N–H and O–H groups in total. The van der Waals surface area contributed by atoms with Crippen LogP contribution in [0.4, 0.5) is 0 Å². The molecule has 1 aromatic rings. The molecule has 1 atom stereocenters. The van der Waals surface area contributed by atoms with Crippen molar-refractivity contribution in [2.75, 3.05) is 7.11 Å². The number of carboxylic acid groups (broad SMARTS) is 1. The molecule has 1 unspecified atom stereocenters. The molecule has 1 aliphatic rings. The van der Waals surface area contributed by atoms with Crippen LogP contribution in [-0.4, -0.2) is 40.9 Å². The van der Waals surface area contributed by atoms with Gasteiger partial charge in [-0.2, -0.15) is 0 Å². The topological polar surface area (TPSA) is 83.9 Å². The second kappa shape index (κ2) is 5.16. The Hall–Kier alpha value is -2.63. The van der Waals surface area contributed by atoms with Crippen LogP contribution in [0.25, 0.3) is 0 Å². The van der Waals surface area contributed by atoms with Gasteiger partial charge in [0.2, 0.25) is 0 Å². The molecule has 104 valence electrons. The Bertz CT molecular complexity index is 585. The molecule has 1 aromatic carbocycles. The van der Waals surface area contributed by atoms with E-state index in [9.17, 15) is 14.4 Å². The van der Waals surface area contributed by atoms with Crippen molar-refractivity contribution < 1.29 is 24.2 Å². The van der Waals surface area contributed by atoms with E-state index in [2.05, 4.69) is 0 Å². The highest BCUT2D eigenvalue weighted by Gasteiger charge is 2.39. The van der Waals surface area contributed by atoms with Gasteiger partial charge in [0.25, 0.3) is 11.8 Å². The first-order valence-electron chi connectivity index (χ1n) is 5.92. The smallest absolute Gasteiger partial charge is 0.331 e. The van der Waals surface area contributed by atoms with Gasteiger partial charge >= 0.3 is 5.97 Å². The van der Waals surface area contributed by atoms with Crippen molar-refractivity contribution in [3.63, 3.8) is 0 Å². The number of carboxylic acids is 1. The molecule has 2 amide bonds. The van der Waals surface area contributed by atoms with Crippen molar-refractivity contribution >= 4 is 17.8 Å². The highest BCUT2D eigenvalue weighted by molar-refractivity contribution is 6.21. The highest BCUT2D eigenvalue weighted by atomic mass is 16.5. The SMILES string of the molecule is CO/C(=C/C(=O)O)C(C)N1C(=O)c2ccccc2C1=O. The van der Waals surface area contributed by atoms with Crippen LogP contribution >= 0.6 is 0 Å². The van der Waals surface area contributed by atoms with E-state index in [0.29, 0.717) is 11.1 Å². The monoisotopic (exact) mass is 275 g/mol. The third-order valence-electron chi connectivity index (χ3n) is 3.13. The Kier molecular flexibility index (Phi) is 3.56. The van der Waals surface area contributed by atoms with Gasteiger partial charge in [0, 0.05) is 0 Å². The number of ether oxygens (including phenoxy) is 1. The van der Waals surface area contributed by atoms with Gasteiger partial charge in [-0.25, -0.2) is 4.79 Å². The van der Waals surface area contributed by atoms with Gasteiger partial charge in [0.1, 0.15) is 5.76 Å². The second-order valence-electron chi connectivity index (χ2n) is 4.29. The van der Waals surface area contributed by atoms with E-state index in [1.807, 2.05) is 0 Å². The molecule has 1 heterocycles. The predicted molar refractivity (Wildman–Crippen MR) is 69.1 cm³/mol. The zero-order valence-electron chi connectivity index (χ0n) is 11.0. The zero-order valence-corrected chi connectivity index (χ0v) is 11.0. The number of hydrogen-bond donors (Lipinski definition) is 1. The van der Waals surface area contributed by atoms with Crippen LogP contribution in [0.15, 0.2) is 36.1 Å². The summed E-state index contributed by atoms with van der Waals surface area (Å²) >= 11 is 0. The predicted octanol–water partition coefficient (Wildman–Crippen LogP) is 1.29. The molecule has 0 fully saturated rings. The molecule has 0 saturated carbocycles. The molecular formula is C14H13NO5. The minimum absolute atomic E-state index is 0.0343. The number of amides is 2. The molecule has 2 rings (SSSR count). The lowest BCUT2D eigenvalue weighted by atomic mass is 10.1. The van der Waals surface area contributed by atoms with Gasteiger partial charge in [0.05, 0.1) is 30.4 Å². The fourth-order valence-electron chi connectivity index (χ4n) is 2.16. The number of rotatable bonds is 4. The molecular weight excluding hydrogens is 262 g/mol. The maximum absolute atomic E-state index is 12.2. The maximum Gasteiger partial charge on any atom is 0.331 e. The first-order valence-corrected chi connectivity index (χ1v) is 5.92. The zero-order chi connectivity index (χ0) is 14.9. The Morgan fingerprint density at radius 3 is 2.15 bits per heavy atom. The number of fused-ring (bicyclic) bond motifs is 1. The van der Waals surface area contributed by atoms with Gasteiger partial charge < -0.3 is 9.84 Å². The fraction of sp³-hybridized carbons (Fsp3) is 0.214. The standard InChI is InChI=1S/C14H13NO5/c1-8(11(20-2)7-12(16)17)15-13(18)9-5-3-4-6-10(9)14(15)19/h3-8H,1-2H3,(H,16,17)/b11-7+. The van der Waals surface area contributed by atoms with Gasteiger partial charge in [-0.3, -0.25) is 14.5 Å². The van der Waals surface area contributed by atoms with E-state index < -0.39 is 23.8 Å². The number of nitrogens with zero attached hydrogens (tertiary/aromatic N) is 1. The van der Waals surface area contributed by atoms with Gasteiger partial charge in [-0.15, -0.1) is 0 Å². The average molecular weight is 275 g/mol. The van der Waals surface area contributed by atoms with Crippen LogP contribution in [-0.2, 0) is 9.53 Å². The van der Waals surface area contributed by atoms with E-state index in [1.165, 1.54) is 7.11 Å². The summed E-state index contributed by atoms with van der Waals surface area (Å²) in [5, 5.41) is 8.77. The van der Waals surface area contributed by atoms with Crippen LogP contribution in [0.3, 0.4) is 0 Å². The summed E-state index contributed by atoms with van der Waals surface area (Å²) in [4.78, 5) is 36.2. The Morgan fingerprint density at radius 1 is 1.25 bits per heavy atom. The lowest BCUT2D eigenvalue weighted by Gasteiger charge is -2.23. The average Bonchev–Trinajstić information content (AvgIpc) is 2.68. The Balaban J connectivity index is 2.38. The van der Waals surface area contributed by atoms with Gasteiger partial charge in [0.15, 0.2) is 0 Å². The molecule has 20 heavy (non-hydrogen) atoms. The summed E-state index contributed by atoms with van der Waals surface area (Å²) in [7, 11) is 1.30. The van der Waals surface area contributed by atoms with E-state index in [-0.39, 0.29) is 5.76 Å². The highest BCUT2D eigenvalue weighted by Crippen LogP contribution is 2.26. The minimum Gasteiger partial charge on any atom is -0.499 e. The summed E-state index contributed by atoms with van der Waals surface area (Å²) in [5.74, 6) is -2.07. The van der Waals surface area contributed by atoms with Crippen molar-refractivity contribution in [2.24, 2.45) is 0 Å². The molecule has 1 aliphatic heterocycles. The van der Waals surface area contributed by atoms with Crippen LogP contribution in [0.2, 0.25) is 0 Å². The fourth-order valence-corrected chi connectivity index (χ4v) is 2.16. The summed E-state index contributed by atoms with van der Waals surface area (Å²) in [6, 6.07) is 5.68. The minimum atomic E-state index is -1.20. The number of carbonyl (C=O) groups is 3. The Morgan fingerprint density at radius 2 is 1.75 bits per heavy atom. The van der Waals surface area contributed by atoms with E-state index in [1.54, 1.807) is 31.2 Å². The molecule has 0 saturated heterocycles. The molecule has 0 radical (unpaired) electrons. The van der Waals surface area contributed by atoms with Crippen molar-refractivity contribution in [2.45, 2.75) is 13.0 Å². The summed E-state index contributed by atoms with van der Waals surface area (Å²) < 4.78 is 4.96. The first kappa shape index (κ1) is 13.8. The summed E-state index contributed by atoms with van der Waals surface area (Å²) in [6.07, 6.45) is 0.841. The number of carbonyl (C=O) groups excluding carboxylic acids is 2. The van der Waals surface area contributed by atoms with Crippen LogP contribution < -0.4 is 0 Å². The number of hydrogen-bond acceptors (Lipinski definition) is 4. The lowest BCUT2D eigenvalue weighted by molar-refractivity contribution is -0.131. The number of methoxy groups -OCH3 is 1. The van der Waals surface area contributed by atoms with Gasteiger partial charge in [-0.05, 0) is 19.1 Å². The Labute approximate surface area is 115 Å². The van der Waals surface area contributed by atoms with Crippen molar-refractivity contribution in [3.05, 3.63) is 47.2 Å². The number of benzene rings is 1. The molecule has 0 bridgehead atoms. The lowest BCUT2D eigenvalue weighted by Crippen LogP contribution is -2.39. The third-order valence-corrected chi connectivity index (χ3v) is 3.13. The van der Waals surface area contributed by atoms with Crippen LogP contribution in [0, 0.1) is 0 Å². The molecule has 6 nitrogen and oxygen atoms in total. The second-order valence-corrected chi connectivity index (χ2v) is 4.29. The molecule has 6 heteroatoms. The summed E-state index contributed by atoms with van der Waals surface area (Å²) in [5.41, 5.74) is 0.630. The van der Waals surface area contributed by atoms with E-state index in [4.69, 9.17) is 9.84 Å².